The highest BCUT2D eigenvalue weighted by Crippen LogP contribution is 2.41. The van der Waals surface area contributed by atoms with E-state index in [4.69, 9.17) is 5.21 Å². The summed E-state index contributed by atoms with van der Waals surface area (Å²) in [6.45, 7) is 9.94. The van der Waals surface area contributed by atoms with Gasteiger partial charge >= 0.3 is 0 Å². The maximum Gasteiger partial charge on any atom is 0.162 e. The molecule has 0 saturated heterocycles. The Kier molecular flexibility index (Phi) is 4.22. The Bertz CT molecular complexity index is 456. The second-order valence-electron chi connectivity index (χ2n) is 6.93. The van der Waals surface area contributed by atoms with Gasteiger partial charge in [0.15, 0.2) is 17.3 Å². The van der Waals surface area contributed by atoms with Crippen LogP contribution >= 0.6 is 0 Å². The highest BCUT2D eigenvalue weighted by Gasteiger charge is 2.59. The van der Waals surface area contributed by atoms with Crippen LogP contribution in [0.3, 0.4) is 0 Å². The Morgan fingerprint density at radius 3 is 1.80 bits per heavy atom. The third kappa shape index (κ3) is 2.41. The van der Waals surface area contributed by atoms with E-state index < -0.39 is 28.3 Å². The van der Waals surface area contributed by atoms with Crippen molar-refractivity contribution < 1.29 is 19.6 Å². The molecule has 0 radical (unpaired) electrons. The van der Waals surface area contributed by atoms with Gasteiger partial charge in [-0.15, -0.1) is 0 Å². The van der Waals surface area contributed by atoms with Crippen LogP contribution in [-0.2, 0) is 14.4 Å². The molecular formula is C15H23NO4. The van der Waals surface area contributed by atoms with Gasteiger partial charge in [0.05, 0.1) is 16.5 Å². The molecule has 0 aromatic carbocycles. The normalized spacial score (nSPS) is 23.6. The van der Waals surface area contributed by atoms with E-state index in [1.165, 1.54) is 27.7 Å². The van der Waals surface area contributed by atoms with E-state index in [2.05, 4.69) is 5.16 Å². The van der Waals surface area contributed by atoms with Gasteiger partial charge in [0.1, 0.15) is 5.92 Å². The molecule has 1 rings (SSSR count). The molecule has 1 aliphatic rings. The number of oxime groups is 1. The maximum absolute atomic E-state index is 12.5. The van der Waals surface area contributed by atoms with E-state index in [-0.39, 0.29) is 17.4 Å². The third-order valence-corrected chi connectivity index (χ3v) is 3.97. The summed E-state index contributed by atoms with van der Waals surface area (Å²) in [5, 5.41) is 12.3. The number of carbonyl (C=O) groups is 3. The first-order valence-corrected chi connectivity index (χ1v) is 6.82. The molecule has 1 fully saturated rings. The molecule has 0 bridgehead atoms. The summed E-state index contributed by atoms with van der Waals surface area (Å²) >= 11 is 0. The lowest BCUT2D eigenvalue weighted by Gasteiger charge is -2.40. The Hall–Kier alpha value is -1.52. The van der Waals surface area contributed by atoms with Gasteiger partial charge in [-0.05, 0) is 40.0 Å². The molecule has 0 atom stereocenters. The van der Waals surface area contributed by atoms with Gasteiger partial charge in [0.2, 0.25) is 0 Å². The third-order valence-electron chi connectivity index (χ3n) is 3.97. The second kappa shape index (κ2) is 5.11. The van der Waals surface area contributed by atoms with Crippen molar-refractivity contribution in [3.8, 4) is 0 Å². The summed E-state index contributed by atoms with van der Waals surface area (Å²) in [7, 11) is 0. The minimum Gasteiger partial charge on any atom is -0.411 e. The number of nitrogens with zero attached hydrogens (tertiary/aromatic N) is 1. The van der Waals surface area contributed by atoms with Crippen molar-refractivity contribution in [3.63, 3.8) is 0 Å². The summed E-state index contributed by atoms with van der Waals surface area (Å²) in [6, 6.07) is 0. The van der Waals surface area contributed by atoms with E-state index in [0.717, 1.165) is 0 Å². The quantitative estimate of drug-likeness (QED) is 0.372. The largest absolute Gasteiger partial charge is 0.411 e. The SMILES string of the molecule is CC(C)C/C(=N\O)C1C(=O)C(C)(C)C(=O)C(C)(C)C1=O. The summed E-state index contributed by atoms with van der Waals surface area (Å²) in [5.41, 5.74) is -2.33. The van der Waals surface area contributed by atoms with Crippen LogP contribution in [0.2, 0.25) is 0 Å². The smallest absolute Gasteiger partial charge is 0.162 e. The minimum absolute atomic E-state index is 0.144. The minimum atomic E-state index is -1.24. The monoisotopic (exact) mass is 281 g/mol. The number of ketones is 3. The van der Waals surface area contributed by atoms with Gasteiger partial charge in [-0.3, -0.25) is 14.4 Å². The van der Waals surface area contributed by atoms with Crippen molar-refractivity contribution in [3.05, 3.63) is 0 Å². The zero-order valence-electron chi connectivity index (χ0n) is 13.0. The first-order valence-electron chi connectivity index (χ1n) is 6.82. The van der Waals surface area contributed by atoms with E-state index in [1.54, 1.807) is 0 Å². The van der Waals surface area contributed by atoms with Crippen LogP contribution in [-0.4, -0.2) is 28.3 Å². The molecule has 5 heteroatoms. The summed E-state index contributed by atoms with van der Waals surface area (Å²) in [4.78, 5) is 37.3. The molecule has 0 aliphatic heterocycles. The predicted octanol–water partition coefficient (Wildman–Crippen LogP) is 2.25. The topological polar surface area (TPSA) is 83.8 Å². The van der Waals surface area contributed by atoms with Crippen LogP contribution in [0, 0.1) is 22.7 Å². The highest BCUT2D eigenvalue weighted by molar-refractivity contribution is 6.35. The van der Waals surface area contributed by atoms with Crippen molar-refractivity contribution in [1.82, 2.24) is 0 Å². The lowest BCUT2D eigenvalue weighted by molar-refractivity contribution is -0.157. The molecule has 1 N–H and O–H groups in total. The number of hydrogen-bond donors (Lipinski definition) is 1. The molecule has 0 amide bonds. The number of hydrogen-bond acceptors (Lipinski definition) is 5. The van der Waals surface area contributed by atoms with Gasteiger partial charge < -0.3 is 5.21 Å². The molecule has 5 nitrogen and oxygen atoms in total. The summed E-state index contributed by atoms with van der Waals surface area (Å²) in [6.07, 6.45) is 0.346. The molecule has 0 aromatic rings. The van der Waals surface area contributed by atoms with E-state index in [1.807, 2.05) is 13.8 Å². The van der Waals surface area contributed by atoms with Gasteiger partial charge in [0.25, 0.3) is 0 Å². The van der Waals surface area contributed by atoms with Gasteiger partial charge in [-0.25, -0.2) is 0 Å². The molecule has 1 saturated carbocycles. The summed E-state index contributed by atoms with van der Waals surface area (Å²) < 4.78 is 0. The number of rotatable bonds is 3. The molecule has 0 heterocycles. The summed E-state index contributed by atoms with van der Waals surface area (Å²) in [5.74, 6) is -2.30. The molecular weight excluding hydrogens is 258 g/mol. The highest BCUT2D eigenvalue weighted by atomic mass is 16.4. The van der Waals surface area contributed by atoms with Crippen LogP contribution in [0.1, 0.15) is 48.0 Å². The van der Waals surface area contributed by atoms with Gasteiger partial charge in [-0.1, -0.05) is 19.0 Å². The number of Topliss-reactive ketones (excluding diaryl/α,β-unsaturated/α-hetero) is 3. The average Bonchev–Trinajstić information content (AvgIpc) is 2.34. The van der Waals surface area contributed by atoms with Crippen LogP contribution in [0.5, 0.6) is 0 Å². The van der Waals surface area contributed by atoms with Crippen LogP contribution in [0.4, 0.5) is 0 Å². The molecule has 0 unspecified atom stereocenters. The zero-order chi connectivity index (χ0) is 15.9. The molecule has 1 aliphatic carbocycles. The molecule has 0 spiro atoms. The molecule has 0 aromatic heterocycles. The Labute approximate surface area is 119 Å². The van der Waals surface area contributed by atoms with Crippen LogP contribution < -0.4 is 0 Å². The number of carbonyl (C=O) groups excluding carboxylic acids is 3. The van der Waals surface area contributed by atoms with Crippen molar-refractivity contribution in [2.24, 2.45) is 27.8 Å². The van der Waals surface area contributed by atoms with E-state index in [0.29, 0.717) is 6.42 Å². The Morgan fingerprint density at radius 2 is 1.50 bits per heavy atom. The van der Waals surface area contributed by atoms with Crippen LogP contribution in [0.15, 0.2) is 5.16 Å². The van der Waals surface area contributed by atoms with Crippen molar-refractivity contribution >= 4 is 23.1 Å². The van der Waals surface area contributed by atoms with Crippen molar-refractivity contribution in [1.29, 1.82) is 0 Å². The van der Waals surface area contributed by atoms with Crippen LogP contribution in [0.25, 0.3) is 0 Å². The lowest BCUT2D eigenvalue weighted by atomic mass is 9.57. The molecule has 20 heavy (non-hydrogen) atoms. The Morgan fingerprint density at radius 1 is 1.10 bits per heavy atom. The molecule has 112 valence electrons. The van der Waals surface area contributed by atoms with Crippen molar-refractivity contribution in [2.45, 2.75) is 48.0 Å². The maximum atomic E-state index is 12.5. The average molecular weight is 281 g/mol. The standard InChI is InChI=1S/C15H23NO4/c1-8(2)7-9(16-20)10-11(17)14(3,4)13(19)15(5,6)12(10)18/h8,10,20H,7H2,1-6H3/b16-9+. The lowest BCUT2D eigenvalue weighted by Crippen LogP contribution is -2.59. The zero-order valence-corrected chi connectivity index (χ0v) is 13.0. The van der Waals surface area contributed by atoms with Gasteiger partial charge in [-0.2, -0.15) is 0 Å². The van der Waals surface area contributed by atoms with Gasteiger partial charge in [0, 0.05) is 0 Å². The fraction of sp³-hybridized carbons (Fsp3) is 0.733. The Balaban J connectivity index is 3.35. The van der Waals surface area contributed by atoms with E-state index >= 15 is 0 Å². The fourth-order valence-electron chi connectivity index (χ4n) is 2.78. The second-order valence-corrected chi connectivity index (χ2v) is 6.93. The predicted molar refractivity (Wildman–Crippen MR) is 74.7 cm³/mol. The fourth-order valence-corrected chi connectivity index (χ4v) is 2.78. The first-order chi connectivity index (χ1) is 8.97. The van der Waals surface area contributed by atoms with Crippen molar-refractivity contribution in [2.75, 3.05) is 0 Å². The van der Waals surface area contributed by atoms with E-state index in [9.17, 15) is 14.4 Å². The first kappa shape index (κ1) is 16.5.